The van der Waals surface area contributed by atoms with Crippen LogP contribution in [-0.2, 0) is 9.84 Å². The number of halogens is 2. The zero-order valence-corrected chi connectivity index (χ0v) is 23.4. The molecular formula is C27H35F2N7O2S. The zero-order valence-electron chi connectivity index (χ0n) is 22.6. The van der Waals surface area contributed by atoms with Gasteiger partial charge in [0.05, 0.1) is 18.3 Å². The van der Waals surface area contributed by atoms with Crippen molar-refractivity contribution in [2.24, 2.45) is 11.7 Å². The Morgan fingerprint density at radius 2 is 1.95 bits per heavy atom. The van der Waals surface area contributed by atoms with Crippen LogP contribution in [0.4, 0.5) is 32.1 Å². The average Bonchev–Trinajstić information content (AvgIpc) is 2.86. The molecule has 0 bridgehead atoms. The summed E-state index contributed by atoms with van der Waals surface area (Å²) in [6.45, 7) is 6.83. The minimum absolute atomic E-state index is 0.0938. The third-order valence-electron chi connectivity index (χ3n) is 7.80. The summed E-state index contributed by atoms with van der Waals surface area (Å²) in [7, 11) is -3.04. The van der Waals surface area contributed by atoms with Gasteiger partial charge in [-0.15, -0.1) is 0 Å². The summed E-state index contributed by atoms with van der Waals surface area (Å²) in [5.74, 6) is -1.22. The minimum Gasteiger partial charge on any atom is -0.368 e. The molecule has 0 unspecified atom stereocenters. The first kappa shape index (κ1) is 27.4. The Labute approximate surface area is 227 Å². The maximum absolute atomic E-state index is 14.2. The Morgan fingerprint density at radius 3 is 2.62 bits per heavy atom. The van der Waals surface area contributed by atoms with Gasteiger partial charge in [-0.2, -0.15) is 4.98 Å². The second-order valence-corrected chi connectivity index (χ2v) is 13.3. The van der Waals surface area contributed by atoms with Gasteiger partial charge in [0.15, 0.2) is 0 Å². The number of hydrogen-bond donors (Lipinski definition) is 2. The Balaban J connectivity index is 1.41. The molecule has 0 radical (unpaired) electrons. The van der Waals surface area contributed by atoms with Crippen LogP contribution in [0.3, 0.4) is 0 Å². The molecule has 210 valence electrons. The van der Waals surface area contributed by atoms with Gasteiger partial charge in [0.1, 0.15) is 21.5 Å². The predicted molar refractivity (Wildman–Crippen MR) is 151 cm³/mol. The van der Waals surface area contributed by atoms with E-state index in [1.165, 1.54) is 17.4 Å². The van der Waals surface area contributed by atoms with Gasteiger partial charge in [-0.1, -0.05) is 19.9 Å². The van der Waals surface area contributed by atoms with E-state index in [9.17, 15) is 17.2 Å². The number of alkyl halides is 2. The lowest BCUT2D eigenvalue weighted by Crippen LogP contribution is -2.57. The number of sulfone groups is 1. The lowest BCUT2D eigenvalue weighted by Gasteiger charge is -2.48. The van der Waals surface area contributed by atoms with Crippen molar-refractivity contribution < 1.29 is 17.2 Å². The molecule has 12 heteroatoms. The summed E-state index contributed by atoms with van der Waals surface area (Å²) in [4.78, 5) is 17.0. The summed E-state index contributed by atoms with van der Waals surface area (Å²) in [5.41, 5.74) is 7.77. The fourth-order valence-corrected chi connectivity index (χ4v) is 6.65. The van der Waals surface area contributed by atoms with E-state index in [4.69, 9.17) is 5.73 Å². The smallest absolute Gasteiger partial charge is 0.280 e. The van der Waals surface area contributed by atoms with Crippen LogP contribution in [0.5, 0.6) is 0 Å². The number of piperidine rings is 1. The second-order valence-electron chi connectivity index (χ2n) is 11.1. The van der Waals surface area contributed by atoms with E-state index in [1.807, 2.05) is 12.3 Å². The van der Waals surface area contributed by atoms with Crippen molar-refractivity contribution in [2.45, 2.75) is 51.1 Å². The van der Waals surface area contributed by atoms with Gasteiger partial charge in [-0.05, 0) is 48.4 Å². The molecule has 3 N–H and O–H groups in total. The molecule has 0 spiro atoms. The largest absolute Gasteiger partial charge is 0.368 e. The molecule has 2 fully saturated rings. The van der Waals surface area contributed by atoms with E-state index >= 15 is 0 Å². The van der Waals surface area contributed by atoms with E-state index in [0.717, 1.165) is 22.0 Å². The standard InChI is InChI=1S/C27H35F2N7O2S/c1-16(2)19-5-6-22(36-13-18(17(36)3)14-39(4,37)38)21-12-32-25(11-20(19)21)33-24-7-9-31-26(34-24)35-10-8-23(30)27(28,29)15-35/h5-7,9,11-12,16-18,23H,8,10,13-15,30H2,1-4H3,(H,31,32,33,34)/t17-,18-,23+/m1/s1. The average molecular weight is 560 g/mol. The molecule has 3 aromatic rings. The van der Waals surface area contributed by atoms with Gasteiger partial charge in [-0.25, -0.2) is 27.2 Å². The van der Waals surface area contributed by atoms with Crippen molar-refractivity contribution in [2.75, 3.05) is 46.8 Å². The topological polar surface area (TPSA) is 117 Å². The molecule has 1 aromatic carbocycles. The Kier molecular flexibility index (Phi) is 7.13. The van der Waals surface area contributed by atoms with Gasteiger partial charge in [-0.3, -0.25) is 0 Å². The molecule has 4 heterocycles. The number of nitrogens with two attached hydrogens (primary N) is 1. The number of fused-ring (bicyclic) bond motifs is 1. The Bertz CT molecular complexity index is 1480. The molecule has 2 aliphatic heterocycles. The summed E-state index contributed by atoms with van der Waals surface area (Å²) in [5, 5.41) is 5.24. The molecule has 3 atom stereocenters. The molecule has 2 aliphatic rings. The zero-order chi connectivity index (χ0) is 28.1. The van der Waals surface area contributed by atoms with Crippen LogP contribution in [-0.4, -0.2) is 73.0 Å². The van der Waals surface area contributed by atoms with Gasteiger partial charge >= 0.3 is 0 Å². The number of pyridine rings is 1. The first-order chi connectivity index (χ1) is 18.3. The van der Waals surface area contributed by atoms with Crippen LogP contribution in [0.15, 0.2) is 36.7 Å². The van der Waals surface area contributed by atoms with Crippen molar-refractivity contribution >= 4 is 43.9 Å². The van der Waals surface area contributed by atoms with Crippen molar-refractivity contribution in [3.8, 4) is 0 Å². The summed E-state index contributed by atoms with van der Waals surface area (Å²) in [6.07, 6.45) is 4.80. The van der Waals surface area contributed by atoms with Crippen molar-refractivity contribution in [3.63, 3.8) is 0 Å². The molecule has 2 saturated heterocycles. The second kappa shape index (κ2) is 10.1. The molecule has 5 rings (SSSR count). The number of aromatic nitrogens is 3. The van der Waals surface area contributed by atoms with Crippen LogP contribution in [0.2, 0.25) is 0 Å². The lowest BCUT2D eigenvalue weighted by molar-refractivity contribution is -0.0303. The van der Waals surface area contributed by atoms with Gasteiger partial charge in [0.25, 0.3) is 5.92 Å². The lowest BCUT2D eigenvalue weighted by atomic mass is 9.88. The van der Waals surface area contributed by atoms with Crippen LogP contribution >= 0.6 is 0 Å². The first-order valence-electron chi connectivity index (χ1n) is 13.2. The summed E-state index contributed by atoms with van der Waals surface area (Å²) < 4.78 is 52.0. The van der Waals surface area contributed by atoms with E-state index in [0.29, 0.717) is 24.7 Å². The molecule has 2 aromatic heterocycles. The predicted octanol–water partition coefficient (Wildman–Crippen LogP) is 3.93. The molecule has 39 heavy (non-hydrogen) atoms. The highest BCUT2D eigenvalue weighted by molar-refractivity contribution is 7.90. The fourth-order valence-electron chi connectivity index (χ4n) is 5.48. The third-order valence-corrected chi connectivity index (χ3v) is 8.83. The Morgan fingerprint density at radius 1 is 1.18 bits per heavy atom. The highest BCUT2D eigenvalue weighted by atomic mass is 32.2. The minimum atomic E-state index is -3.04. The third kappa shape index (κ3) is 5.62. The van der Waals surface area contributed by atoms with Crippen LogP contribution in [0.25, 0.3) is 10.8 Å². The number of anilines is 4. The monoisotopic (exact) mass is 559 g/mol. The number of nitrogens with one attached hydrogen (secondary N) is 1. The maximum Gasteiger partial charge on any atom is 0.280 e. The van der Waals surface area contributed by atoms with E-state index < -0.39 is 28.3 Å². The quantitative estimate of drug-likeness (QED) is 0.444. The molecule has 0 saturated carbocycles. The van der Waals surface area contributed by atoms with Crippen LogP contribution < -0.4 is 20.9 Å². The van der Waals surface area contributed by atoms with Crippen LogP contribution in [0, 0.1) is 5.92 Å². The number of hydrogen-bond acceptors (Lipinski definition) is 9. The van der Waals surface area contributed by atoms with Gasteiger partial charge in [0, 0.05) is 54.8 Å². The highest BCUT2D eigenvalue weighted by Crippen LogP contribution is 2.39. The normalized spacial score (nSPS) is 23.2. The van der Waals surface area contributed by atoms with E-state index in [1.54, 1.807) is 6.07 Å². The fraction of sp³-hybridized carbons (Fsp3) is 0.519. The van der Waals surface area contributed by atoms with Crippen molar-refractivity contribution in [1.29, 1.82) is 0 Å². The maximum atomic E-state index is 14.2. The molecule has 0 aliphatic carbocycles. The molecule has 9 nitrogen and oxygen atoms in total. The Hall–Kier alpha value is -3.12. The van der Waals surface area contributed by atoms with Crippen molar-refractivity contribution in [3.05, 3.63) is 42.2 Å². The SMILES string of the molecule is CC(C)c1ccc(N2C[C@H](CS(C)(=O)=O)[C@H]2C)c2cnc(Nc3ccnc(N4CC[C@H](N)C(F)(F)C4)n3)cc12. The summed E-state index contributed by atoms with van der Waals surface area (Å²) in [6, 6.07) is 6.79. The van der Waals surface area contributed by atoms with Gasteiger partial charge < -0.3 is 20.9 Å². The molecule has 0 amide bonds. The van der Waals surface area contributed by atoms with E-state index in [2.05, 4.69) is 58.1 Å². The van der Waals surface area contributed by atoms with Gasteiger partial charge in [0.2, 0.25) is 5.95 Å². The number of rotatable bonds is 7. The highest BCUT2D eigenvalue weighted by Gasteiger charge is 2.43. The summed E-state index contributed by atoms with van der Waals surface area (Å²) >= 11 is 0. The van der Waals surface area contributed by atoms with Crippen molar-refractivity contribution in [1.82, 2.24) is 15.0 Å². The van der Waals surface area contributed by atoms with E-state index in [-0.39, 0.29) is 36.0 Å². The number of benzene rings is 1. The first-order valence-corrected chi connectivity index (χ1v) is 15.2. The molecular weight excluding hydrogens is 524 g/mol. The van der Waals surface area contributed by atoms with Crippen LogP contribution in [0.1, 0.15) is 38.7 Å². The number of nitrogens with zero attached hydrogens (tertiary/aromatic N) is 5.